The highest BCUT2D eigenvalue weighted by molar-refractivity contribution is 4.97. The Morgan fingerprint density at radius 1 is 1.26 bits per heavy atom. The molecule has 1 aliphatic heterocycles. The van der Waals surface area contributed by atoms with Crippen molar-refractivity contribution in [3.8, 4) is 0 Å². The predicted molar refractivity (Wildman–Crippen MR) is 80.3 cm³/mol. The monoisotopic (exact) mass is 268 g/mol. The molecule has 1 saturated heterocycles. The summed E-state index contributed by atoms with van der Waals surface area (Å²) >= 11 is 0. The fourth-order valence-corrected chi connectivity index (χ4v) is 4.16. The minimum absolute atomic E-state index is 0.0146. The lowest BCUT2D eigenvalue weighted by Gasteiger charge is -2.48. The van der Waals surface area contributed by atoms with Crippen LogP contribution in [0.5, 0.6) is 0 Å². The summed E-state index contributed by atoms with van der Waals surface area (Å²) in [5, 5.41) is 13.4. The Bertz CT molecular complexity index is 288. The molecule has 0 aromatic rings. The van der Waals surface area contributed by atoms with Crippen molar-refractivity contribution < 1.29 is 5.11 Å². The second-order valence-electron chi connectivity index (χ2n) is 7.46. The summed E-state index contributed by atoms with van der Waals surface area (Å²) in [6.45, 7) is 10.7. The largest absolute Gasteiger partial charge is 0.394 e. The Morgan fingerprint density at radius 3 is 2.68 bits per heavy atom. The normalized spacial score (nSPS) is 36.3. The number of nitrogens with zero attached hydrogens (tertiary/aromatic N) is 1. The molecule has 1 saturated carbocycles. The van der Waals surface area contributed by atoms with Crippen LogP contribution in [0, 0.1) is 5.41 Å². The van der Waals surface area contributed by atoms with E-state index >= 15 is 0 Å². The highest BCUT2D eigenvalue weighted by Gasteiger charge is 2.39. The van der Waals surface area contributed by atoms with Crippen LogP contribution in [-0.4, -0.2) is 47.8 Å². The van der Waals surface area contributed by atoms with Gasteiger partial charge in [0.05, 0.1) is 6.61 Å². The van der Waals surface area contributed by atoms with Crippen molar-refractivity contribution in [2.45, 2.75) is 70.9 Å². The number of likely N-dealkylation sites (N-methyl/N-ethyl adjacent to an activating group) is 1. The third-order valence-corrected chi connectivity index (χ3v) is 5.12. The van der Waals surface area contributed by atoms with Crippen LogP contribution in [0.1, 0.15) is 59.3 Å². The van der Waals surface area contributed by atoms with Gasteiger partial charge in [-0.2, -0.15) is 0 Å². The average molecular weight is 268 g/mol. The van der Waals surface area contributed by atoms with E-state index < -0.39 is 0 Å². The zero-order valence-electron chi connectivity index (χ0n) is 13.0. The van der Waals surface area contributed by atoms with E-state index in [2.05, 4.69) is 31.0 Å². The molecule has 1 aliphatic carbocycles. The molecular weight excluding hydrogens is 236 g/mol. The molecule has 3 nitrogen and oxygen atoms in total. The number of aliphatic hydroxyl groups excluding tert-OH is 1. The number of hydrogen-bond acceptors (Lipinski definition) is 3. The molecular formula is C16H32N2O. The first-order valence-electron chi connectivity index (χ1n) is 8.10. The lowest BCUT2D eigenvalue weighted by Crippen LogP contribution is -2.57. The lowest BCUT2D eigenvalue weighted by atomic mass is 9.76. The Balaban J connectivity index is 2.00. The number of piperidine rings is 1. The standard InChI is InChI=1S/C16H32N2O/c1-4-17-16(13-19)9-5-7-14(11-16)18-10-6-8-15(2,3)12-18/h14,17,19H,4-13H2,1-3H3. The summed E-state index contributed by atoms with van der Waals surface area (Å²) in [5.74, 6) is 0. The predicted octanol–water partition coefficient (Wildman–Crippen LogP) is 2.39. The van der Waals surface area contributed by atoms with Gasteiger partial charge in [-0.15, -0.1) is 0 Å². The van der Waals surface area contributed by atoms with E-state index in [1.54, 1.807) is 0 Å². The Kier molecular flexibility index (Phi) is 4.91. The van der Waals surface area contributed by atoms with Crippen molar-refractivity contribution in [2.24, 2.45) is 5.41 Å². The number of likely N-dealkylation sites (tertiary alicyclic amines) is 1. The van der Waals surface area contributed by atoms with Crippen molar-refractivity contribution in [1.82, 2.24) is 10.2 Å². The molecule has 0 amide bonds. The van der Waals surface area contributed by atoms with Gasteiger partial charge in [-0.1, -0.05) is 20.8 Å². The van der Waals surface area contributed by atoms with Crippen molar-refractivity contribution in [3.63, 3.8) is 0 Å². The van der Waals surface area contributed by atoms with Crippen molar-refractivity contribution >= 4 is 0 Å². The quantitative estimate of drug-likeness (QED) is 0.822. The molecule has 2 N–H and O–H groups in total. The van der Waals surface area contributed by atoms with Gasteiger partial charge in [-0.05, 0) is 57.0 Å². The third-order valence-electron chi connectivity index (χ3n) is 5.12. The maximum atomic E-state index is 9.81. The van der Waals surface area contributed by atoms with Gasteiger partial charge in [0.1, 0.15) is 0 Å². The van der Waals surface area contributed by atoms with E-state index in [1.165, 1.54) is 38.8 Å². The number of hydrogen-bond donors (Lipinski definition) is 2. The van der Waals surface area contributed by atoms with E-state index in [1.807, 2.05) is 0 Å². The van der Waals surface area contributed by atoms with Gasteiger partial charge in [-0.25, -0.2) is 0 Å². The van der Waals surface area contributed by atoms with E-state index in [0.29, 0.717) is 11.5 Å². The van der Waals surface area contributed by atoms with Crippen LogP contribution < -0.4 is 5.32 Å². The molecule has 2 rings (SSSR count). The summed E-state index contributed by atoms with van der Waals surface area (Å²) in [4.78, 5) is 2.70. The minimum Gasteiger partial charge on any atom is -0.394 e. The van der Waals surface area contributed by atoms with Crippen LogP contribution in [0.3, 0.4) is 0 Å². The van der Waals surface area contributed by atoms with Crippen LogP contribution in [0.4, 0.5) is 0 Å². The first kappa shape index (κ1) is 15.3. The van der Waals surface area contributed by atoms with Gasteiger partial charge in [0.25, 0.3) is 0 Å². The fraction of sp³-hybridized carbons (Fsp3) is 1.00. The van der Waals surface area contributed by atoms with Crippen LogP contribution in [0.15, 0.2) is 0 Å². The summed E-state index contributed by atoms with van der Waals surface area (Å²) in [5.41, 5.74) is 0.453. The minimum atomic E-state index is -0.0146. The fourth-order valence-electron chi connectivity index (χ4n) is 4.16. The maximum absolute atomic E-state index is 9.81. The topological polar surface area (TPSA) is 35.5 Å². The van der Waals surface area contributed by atoms with Gasteiger partial charge in [0, 0.05) is 18.1 Å². The van der Waals surface area contributed by atoms with Crippen molar-refractivity contribution in [1.29, 1.82) is 0 Å². The zero-order chi connectivity index (χ0) is 13.9. The number of rotatable bonds is 4. The van der Waals surface area contributed by atoms with Gasteiger partial charge >= 0.3 is 0 Å². The first-order chi connectivity index (χ1) is 9.00. The molecule has 112 valence electrons. The van der Waals surface area contributed by atoms with Crippen molar-refractivity contribution in [3.05, 3.63) is 0 Å². The Labute approximate surface area is 118 Å². The molecule has 0 aromatic carbocycles. The molecule has 0 aromatic heterocycles. The molecule has 2 atom stereocenters. The van der Waals surface area contributed by atoms with Crippen LogP contribution in [0.2, 0.25) is 0 Å². The number of nitrogens with one attached hydrogen (secondary N) is 1. The van der Waals surface area contributed by atoms with Crippen molar-refractivity contribution in [2.75, 3.05) is 26.2 Å². The number of aliphatic hydroxyl groups is 1. The van der Waals surface area contributed by atoms with Crippen LogP contribution >= 0.6 is 0 Å². The molecule has 3 heteroatoms. The zero-order valence-corrected chi connectivity index (χ0v) is 13.0. The average Bonchev–Trinajstić information content (AvgIpc) is 2.38. The van der Waals surface area contributed by atoms with Gasteiger partial charge in [0.2, 0.25) is 0 Å². The highest BCUT2D eigenvalue weighted by atomic mass is 16.3. The molecule has 19 heavy (non-hydrogen) atoms. The molecule has 2 unspecified atom stereocenters. The van der Waals surface area contributed by atoms with E-state index in [9.17, 15) is 5.11 Å². The summed E-state index contributed by atoms with van der Waals surface area (Å²) in [7, 11) is 0. The molecule has 0 radical (unpaired) electrons. The SMILES string of the molecule is CCNC1(CO)CCCC(N2CCCC(C)(C)C2)C1. The Morgan fingerprint density at radius 2 is 2.05 bits per heavy atom. The molecule has 0 bridgehead atoms. The van der Waals surface area contributed by atoms with Crippen LogP contribution in [-0.2, 0) is 0 Å². The molecule has 2 aliphatic rings. The first-order valence-corrected chi connectivity index (χ1v) is 8.10. The van der Waals surface area contributed by atoms with E-state index in [0.717, 1.165) is 19.4 Å². The van der Waals surface area contributed by atoms with Gasteiger partial charge in [-0.3, -0.25) is 4.90 Å². The summed E-state index contributed by atoms with van der Waals surface area (Å²) in [6, 6.07) is 0.666. The second-order valence-corrected chi connectivity index (χ2v) is 7.46. The Hall–Kier alpha value is -0.120. The maximum Gasteiger partial charge on any atom is 0.0613 e. The smallest absolute Gasteiger partial charge is 0.0613 e. The second kappa shape index (κ2) is 6.11. The van der Waals surface area contributed by atoms with E-state index in [-0.39, 0.29) is 12.1 Å². The molecule has 1 heterocycles. The summed E-state index contributed by atoms with van der Waals surface area (Å²) < 4.78 is 0. The van der Waals surface area contributed by atoms with E-state index in [4.69, 9.17) is 0 Å². The van der Waals surface area contributed by atoms with Crippen LogP contribution in [0.25, 0.3) is 0 Å². The van der Waals surface area contributed by atoms with Gasteiger partial charge < -0.3 is 10.4 Å². The lowest BCUT2D eigenvalue weighted by molar-refractivity contribution is 0.0213. The molecule has 0 spiro atoms. The summed E-state index contributed by atoms with van der Waals surface area (Å²) in [6.07, 6.45) is 7.49. The van der Waals surface area contributed by atoms with Gasteiger partial charge in [0.15, 0.2) is 0 Å². The highest BCUT2D eigenvalue weighted by Crippen LogP contribution is 2.36. The molecule has 2 fully saturated rings. The third kappa shape index (κ3) is 3.71.